The number of Topliss-reactive ketones (excluding diaryl/α,β-unsaturated/α-hetero) is 1. The summed E-state index contributed by atoms with van der Waals surface area (Å²) in [6.07, 6.45) is 3.43. The van der Waals surface area contributed by atoms with Crippen molar-refractivity contribution < 1.29 is 14.0 Å². The van der Waals surface area contributed by atoms with E-state index in [9.17, 15) is 14.0 Å². The number of hydrogen-bond acceptors (Lipinski definition) is 3. The second kappa shape index (κ2) is 10.7. The number of amides is 1. The van der Waals surface area contributed by atoms with Gasteiger partial charge in [-0.25, -0.2) is 4.39 Å². The number of nitrogens with zero attached hydrogens (tertiary/aromatic N) is 1. The molecule has 2 aromatic rings. The zero-order valence-corrected chi connectivity index (χ0v) is 18.8. The van der Waals surface area contributed by atoms with Crippen LogP contribution in [0.15, 0.2) is 42.5 Å². The number of likely N-dealkylation sites (tertiary alicyclic amines) is 1. The lowest BCUT2D eigenvalue weighted by molar-refractivity contribution is -0.121. The topological polar surface area (TPSA) is 49.4 Å². The summed E-state index contributed by atoms with van der Waals surface area (Å²) < 4.78 is 14.4. The van der Waals surface area contributed by atoms with Gasteiger partial charge >= 0.3 is 0 Å². The summed E-state index contributed by atoms with van der Waals surface area (Å²) in [7, 11) is 0. The molecular weight excluding hydrogens is 391 g/mol. The lowest BCUT2D eigenvalue weighted by Crippen LogP contribution is -2.26. The van der Waals surface area contributed by atoms with E-state index in [4.69, 9.17) is 0 Å². The third kappa shape index (κ3) is 6.23. The van der Waals surface area contributed by atoms with Gasteiger partial charge in [-0.05, 0) is 68.1 Å². The van der Waals surface area contributed by atoms with E-state index in [1.54, 1.807) is 6.07 Å². The second-order valence-electron chi connectivity index (χ2n) is 8.78. The predicted molar refractivity (Wildman–Crippen MR) is 122 cm³/mol. The van der Waals surface area contributed by atoms with Crippen molar-refractivity contribution in [3.8, 4) is 0 Å². The van der Waals surface area contributed by atoms with Gasteiger partial charge in [-0.3, -0.25) is 14.5 Å². The summed E-state index contributed by atoms with van der Waals surface area (Å²) in [5, 5.41) is 2.79. The van der Waals surface area contributed by atoms with Gasteiger partial charge in [0, 0.05) is 24.9 Å². The van der Waals surface area contributed by atoms with Gasteiger partial charge in [-0.2, -0.15) is 0 Å². The van der Waals surface area contributed by atoms with Gasteiger partial charge in [-0.15, -0.1) is 0 Å². The first-order chi connectivity index (χ1) is 14.8. The first kappa shape index (κ1) is 23.1. The fourth-order valence-corrected chi connectivity index (χ4v) is 3.98. The molecule has 1 atom stereocenters. The van der Waals surface area contributed by atoms with Gasteiger partial charge in [0.05, 0.1) is 5.56 Å². The van der Waals surface area contributed by atoms with Crippen LogP contribution >= 0.6 is 0 Å². The van der Waals surface area contributed by atoms with Gasteiger partial charge in [0.1, 0.15) is 11.6 Å². The second-order valence-corrected chi connectivity index (χ2v) is 8.78. The Labute approximate surface area is 184 Å². The zero-order chi connectivity index (χ0) is 22.4. The number of ketones is 1. The molecule has 1 unspecified atom stereocenters. The summed E-state index contributed by atoms with van der Waals surface area (Å²) in [5.41, 5.74) is 3.06. The van der Waals surface area contributed by atoms with Gasteiger partial charge in [0.25, 0.3) is 5.91 Å². The van der Waals surface area contributed by atoms with Crippen molar-refractivity contribution in [1.29, 1.82) is 0 Å². The first-order valence-corrected chi connectivity index (χ1v) is 11.3. The minimum atomic E-state index is -0.591. The fraction of sp³-hybridized carbons (Fsp3) is 0.462. The van der Waals surface area contributed by atoms with Crippen molar-refractivity contribution in [2.24, 2.45) is 5.92 Å². The molecule has 0 saturated carbocycles. The van der Waals surface area contributed by atoms with E-state index in [0.29, 0.717) is 24.6 Å². The largest absolute Gasteiger partial charge is 0.352 e. The van der Waals surface area contributed by atoms with E-state index in [1.807, 2.05) is 13.8 Å². The Morgan fingerprint density at radius 3 is 2.26 bits per heavy atom. The van der Waals surface area contributed by atoms with Crippen LogP contribution in [-0.2, 0) is 17.6 Å². The van der Waals surface area contributed by atoms with Crippen molar-refractivity contribution in [3.63, 3.8) is 0 Å². The van der Waals surface area contributed by atoms with Crippen molar-refractivity contribution in [1.82, 2.24) is 10.2 Å². The number of carbonyl (C=O) groups is 2. The Bertz CT molecular complexity index is 902. The molecule has 0 bridgehead atoms. The molecule has 1 amide bonds. The standard InChI is InChI=1S/C26H33FN2O2/c1-18(2)25(30)17-21-8-11-23(24(27)16-21)26(31)28-13-12-20-6-9-22(10-7-20)19(3)29-14-4-5-15-29/h6-11,16,18-19H,4-5,12-15,17H2,1-3H3,(H,28,31). The fourth-order valence-electron chi connectivity index (χ4n) is 3.98. The Hall–Kier alpha value is -2.53. The summed E-state index contributed by atoms with van der Waals surface area (Å²) in [6, 6.07) is 13.4. The van der Waals surface area contributed by atoms with Crippen LogP contribution in [0.3, 0.4) is 0 Å². The molecule has 1 heterocycles. The number of carbonyl (C=O) groups excluding carboxylic acids is 2. The van der Waals surface area contributed by atoms with Gasteiger partial charge in [0.2, 0.25) is 0 Å². The summed E-state index contributed by atoms with van der Waals surface area (Å²) >= 11 is 0. The quantitative estimate of drug-likeness (QED) is 0.634. The van der Waals surface area contributed by atoms with E-state index in [-0.39, 0.29) is 23.7 Å². The van der Waals surface area contributed by atoms with Gasteiger partial charge in [0.15, 0.2) is 0 Å². The average Bonchev–Trinajstić information content (AvgIpc) is 3.28. The number of hydrogen-bond donors (Lipinski definition) is 1. The molecule has 5 heteroatoms. The molecule has 0 radical (unpaired) electrons. The number of benzene rings is 2. The Morgan fingerprint density at radius 2 is 1.65 bits per heavy atom. The van der Waals surface area contributed by atoms with E-state index in [2.05, 4.69) is 41.4 Å². The van der Waals surface area contributed by atoms with Crippen LogP contribution < -0.4 is 5.32 Å². The summed E-state index contributed by atoms with van der Waals surface area (Å²) in [5.74, 6) is -1.06. The van der Waals surface area contributed by atoms with E-state index < -0.39 is 11.7 Å². The van der Waals surface area contributed by atoms with Crippen molar-refractivity contribution in [2.45, 2.75) is 52.5 Å². The normalized spacial score (nSPS) is 15.3. The van der Waals surface area contributed by atoms with Gasteiger partial charge in [-0.1, -0.05) is 44.2 Å². The van der Waals surface area contributed by atoms with E-state index >= 15 is 0 Å². The number of halogens is 1. The third-order valence-corrected chi connectivity index (χ3v) is 6.15. The Morgan fingerprint density at radius 1 is 1.00 bits per heavy atom. The SMILES string of the molecule is CC(C)C(=O)Cc1ccc(C(=O)NCCc2ccc(C(C)N3CCCC3)cc2)c(F)c1. The molecule has 1 saturated heterocycles. The van der Waals surface area contributed by atoms with Crippen LogP contribution in [0.5, 0.6) is 0 Å². The van der Waals surface area contributed by atoms with Crippen LogP contribution in [0.4, 0.5) is 4.39 Å². The molecule has 3 rings (SSSR count). The molecule has 1 aliphatic heterocycles. The molecule has 0 aliphatic carbocycles. The van der Waals surface area contributed by atoms with Crippen LogP contribution in [-0.4, -0.2) is 36.2 Å². The molecule has 2 aromatic carbocycles. The highest BCUT2D eigenvalue weighted by Crippen LogP contribution is 2.24. The molecule has 31 heavy (non-hydrogen) atoms. The maximum Gasteiger partial charge on any atom is 0.254 e. The van der Waals surface area contributed by atoms with Crippen LogP contribution in [0.2, 0.25) is 0 Å². The molecular formula is C26H33FN2O2. The molecule has 1 aliphatic rings. The van der Waals surface area contributed by atoms with E-state index in [0.717, 1.165) is 5.56 Å². The molecule has 0 aromatic heterocycles. The number of nitrogens with one attached hydrogen (secondary N) is 1. The number of rotatable bonds is 9. The van der Waals surface area contributed by atoms with Crippen LogP contribution in [0.1, 0.15) is 66.7 Å². The predicted octanol–water partition coefficient (Wildman–Crippen LogP) is 4.72. The van der Waals surface area contributed by atoms with Crippen molar-refractivity contribution in [2.75, 3.05) is 19.6 Å². The molecule has 166 valence electrons. The first-order valence-electron chi connectivity index (χ1n) is 11.3. The lowest BCUT2D eigenvalue weighted by Gasteiger charge is -2.24. The zero-order valence-electron chi connectivity index (χ0n) is 18.8. The van der Waals surface area contributed by atoms with E-state index in [1.165, 1.54) is 43.6 Å². The highest BCUT2D eigenvalue weighted by molar-refractivity contribution is 5.94. The third-order valence-electron chi connectivity index (χ3n) is 6.15. The molecule has 0 spiro atoms. The summed E-state index contributed by atoms with van der Waals surface area (Å²) in [4.78, 5) is 26.7. The Kier molecular flexibility index (Phi) is 7.97. The van der Waals surface area contributed by atoms with Crippen LogP contribution in [0.25, 0.3) is 0 Å². The van der Waals surface area contributed by atoms with Crippen molar-refractivity contribution >= 4 is 11.7 Å². The summed E-state index contributed by atoms with van der Waals surface area (Å²) in [6.45, 7) is 8.66. The highest BCUT2D eigenvalue weighted by atomic mass is 19.1. The molecule has 1 fully saturated rings. The average molecular weight is 425 g/mol. The minimum absolute atomic E-state index is 0.00975. The minimum Gasteiger partial charge on any atom is -0.352 e. The maximum atomic E-state index is 14.4. The van der Waals surface area contributed by atoms with Crippen LogP contribution in [0, 0.1) is 11.7 Å². The highest BCUT2D eigenvalue weighted by Gasteiger charge is 2.19. The Balaban J connectivity index is 1.50. The molecule has 4 nitrogen and oxygen atoms in total. The van der Waals surface area contributed by atoms with Crippen molar-refractivity contribution in [3.05, 3.63) is 70.5 Å². The smallest absolute Gasteiger partial charge is 0.254 e. The lowest BCUT2D eigenvalue weighted by atomic mass is 10.00. The molecule has 1 N–H and O–H groups in total. The van der Waals surface area contributed by atoms with Gasteiger partial charge < -0.3 is 5.32 Å². The maximum absolute atomic E-state index is 14.4. The monoisotopic (exact) mass is 424 g/mol.